The Hall–Kier alpha value is -0.920. The second-order valence-electron chi connectivity index (χ2n) is 2.59. The lowest BCUT2D eigenvalue weighted by molar-refractivity contribution is 0.459. The molecule has 0 aliphatic carbocycles. The molecule has 0 aromatic heterocycles. The minimum absolute atomic E-state index is 0.192. The zero-order valence-corrected chi connectivity index (χ0v) is 9.05. The second-order valence-corrected chi connectivity index (χ2v) is 3.39. The molecule has 74 valence electrons. The van der Waals surface area contributed by atoms with Crippen LogP contribution in [0.4, 0.5) is 0 Å². The van der Waals surface area contributed by atoms with Crippen molar-refractivity contribution in [3.8, 4) is 5.75 Å². The van der Waals surface area contributed by atoms with E-state index in [1.807, 2.05) is 18.2 Å². The summed E-state index contributed by atoms with van der Waals surface area (Å²) in [5.41, 5.74) is 0. The lowest BCUT2D eigenvalue weighted by Crippen LogP contribution is -1.90. The summed E-state index contributed by atoms with van der Waals surface area (Å²) in [5.74, 6) is 0.666. The van der Waals surface area contributed by atoms with Crippen LogP contribution >= 0.6 is 23.2 Å². The molecule has 0 saturated carbocycles. The molecular weight excluding hydrogens is 219 g/mol. The van der Waals surface area contributed by atoms with Gasteiger partial charge in [0.1, 0.15) is 5.75 Å². The minimum atomic E-state index is 0.192. The largest absolute Gasteiger partial charge is 0.444 e. The monoisotopic (exact) mass is 228 g/mol. The van der Waals surface area contributed by atoms with Crippen LogP contribution in [0, 0.1) is 0 Å². The number of halogens is 2. The van der Waals surface area contributed by atoms with Gasteiger partial charge in [0.25, 0.3) is 0 Å². The molecule has 0 saturated heterocycles. The van der Waals surface area contributed by atoms with E-state index in [1.54, 1.807) is 18.2 Å². The van der Waals surface area contributed by atoms with E-state index in [9.17, 15) is 0 Å². The van der Waals surface area contributed by atoms with Crippen LogP contribution < -0.4 is 4.74 Å². The van der Waals surface area contributed by atoms with Crippen LogP contribution in [0.15, 0.2) is 53.2 Å². The SMILES string of the molecule is C=CC/C(Cl)=C(\Cl)Oc1ccccc1. The van der Waals surface area contributed by atoms with Crippen molar-refractivity contribution < 1.29 is 4.74 Å². The summed E-state index contributed by atoms with van der Waals surface area (Å²) < 4.78 is 5.29. The van der Waals surface area contributed by atoms with E-state index in [-0.39, 0.29) is 5.22 Å². The van der Waals surface area contributed by atoms with Crippen LogP contribution in [0.25, 0.3) is 0 Å². The van der Waals surface area contributed by atoms with Gasteiger partial charge in [0.2, 0.25) is 5.22 Å². The van der Waals surface area contributed by atoms with Gasteiger partial charge in [-0.05, 0) is 23.7 Å². The van der Waals surface area contributed by atoms with E-state index < -0.39 is 0 Å². The van der Waals surface area contributed by atoms with Crippen molar-refractivity contribution >= 4 is 23.2 Å². The molecule has 1 rings (SSSR count). The zero-order chi connectivity index (χ0) is 10.4. The molecule has 3 heteroatoms. The fourth-order valence-corrected chi connectivity index (χ4v) is 1.17. The predicted molar refractivity (Wildman–Crippen MR) is 60.6 cm³/mol. The van der Waals surface area contributed by atoms with Gasteiger partial charge in [-0.1, -0.05) is 35.9 Å². The Bertz CT molecular complexity index is 330. The zero-order valence-electron chi connectivity index (χ0n) is 7.54. The first kappa shape index (κ1) is 11.2. The van der Waals surface area contributed by atoms with Gasteiger partial charge in [0, 0.05) is 6.42 Å². The molecule has 1 aromatic carbocycles. The van der Waals surface area contributed by atoms with Crippen molar-refractivity contribution in [2.75, 3.05) is 0 Å². The van der Waals surface area contributed by atoms with Crippen LogP contribution in [0.3, 0.4) is 0 Å². The van der Waals surface area contributed by atoms with Crippen molar-refractivity contribution in [2.45, 2.75) is 6.42 Å². The molecular formula is C11H10Cl2O. The van der Waals surface area contributed by atoms with E-state index in [0.29, 0.717) is 17.2 Å². The quantitative estimate of drug-likeness (QED) is 0.552. The Balaban J connectivity index is 2.69. The van der Waals surface area contributed by atoms with E-state index in [2.05, 4.69) is 6.58 Å². The van der Waals surface area contributed by atoms with Crippen molar-refractivity contribution in [1.29, 1.82) is 0 Å². The first-order valence-electron chi connectivity index (χ1n) is 4.12. The highest BCUT2D eigenvalue weighted by Gasteiger charge is 2.02. The third-order valence-corrected chi connectivity index (χ3v) is 2.22. The second kappa shape index (κ2) is 5.74. The highest BCUT2D eigenvalue weighted by atomic mass is 35.5. The summed E-state index contributed by atoms with van der Waals surface area (Å²) in [6.07, 6.45) is 2.17. The molecule has 0 N–H and O–H groups in total. The summed E-state index contributed by atoms with van der Waals surface area (Å²) in [5, 5.41) is 0.642. The first-order chi connectivity index (χ1) is 6.74. The molecule has 0 radical (unpaired) electrons. The van der Waals surface area contributed by atoms with Gasteiger partial charge in [0.15, 0.2) is 0 Å². The molecule has 0 spiro atoms. The topological polar surface area (TPSA) is 9.23 Å². The summed E-state index contributed by atoms with van der Waals surface area (Å²) in [4.78, 5) is 0. The summed E-state index contributed by atoms with van der Waals surface area (Å²) in [7, 11) is 0. The minimum Gasteiger partial charge on any atom is -0.444 e. The number of hydrogen-bond acceptors (Lipinski definition) is 1. The molecule has 1 aromatic rings. The molecule has 0 fully saturated rings. The number of rotatable bonds is 4. The molecule has 0 heterocycles. The molecule has 14 heavy (non-hydrogen) atoms. The number of benzene rings is 1. The Morgan fingerprint density at radius 3 is 2.50 bits per heavy atom. The Morgan fingerprint density at radius 1 is 1.29 bits per heavy atom. The summed E-state index contributed by atoms with van der Waals surface area (Å²) >= 11 is 11.7. The highest BCUT2D eigenvalue weighted by molar-refractivity contribution is 6.38. The van der Waals surface area contributed by atoms with Gasteiger partial charge < -0.3 is 4.74 Å². The average Bonchev–Trinajstić information content (AvgIpc) is 2.19. The van der Waals surface area contributed by atoms with Gasteiger partial charge in [-0.15, -0.1) is 6.58 Å². The maximum Gasteiger partial charge on any atom is 0.208 e. The molecule has 1 nitrogen and oxygen atoms in total. The highest BCUT2D eigenvalue weighted by Crippen LogP contribution is 2.22. The maximum atomic E-state index is 5.83. The van der Waals surface area contributed by atoms with E-state index >= 15 is 0 Å². The number of allylic oxidation sites excluding steroid dienone is 2. The van der Waals surface area contributed by atoms with Gasteiger partial charge in [-0.2, -0.15) is 0 Å². The summed E-state index contributed by atoms with van der Waals surface area (Å²) in [6, 6.07) is 9.23. The van der Waals surface area contributed by atoms with E-state index in [4.69, 9.17) is 27.9 Å². The third-order valence-electron chi connectivity index (χ3n) is 1.49. The summed E-state index contributed by atoms with van der Waals surface area (Å²) in [6.45, 7) is 3.56. The number of para-hydroxylation sites is 1. The van der Waals surface area contributed by atoms with Crippen LogP contribution in [0.2, 0.25) is 0 Å². The van der Waals surface area contributed by atoms with Crippen molar-refractivity contribution in [1.82, 2.24) is 0 Å². The Labute approximate surface area is 93.6 Å². The van der Waals surface area contributed by atoms with Crippen molar-refractivity contribution in [3.63, 3.8) is 0 Å². The average molecular weight is 229 g/mol. The first-order valence-corrected chi connectivity index (χ1v) is 4.87. The smallest absolute Gasteiger partial charge is 0.208 e. The Kier molecular flexibility index (Phi) is 4.57. The molecule has 0 atom stereocenters. The molecule has 0 amide bonds. The van der Waals surface area contributed by atoms with Crippen molar-refractivity contribution in [2.24, 2.45) is 0 Å². The fourth-order valence-electron chi connectivity index (χ4n) is 0.854. The van der Waals surface area contributed by atoms with Gasteiger partial charge in [-0.25, -0.2) is 0 Å². The molecule has 0 aliphatic heterocycles. The maximum absolute atomic E-state index is 5.83. The van der Waals surface area contributed by atoms with Crippen LogP contribution in [-0.4, -0.2) is 0 Å². The Morgan fingerprint density at radius 2 is 1.93 bits per heavy atom. The lowest BCUT2D eigenvalue weighted by Gasteiger charge is -2.04. The van der Waals surface area contributed by atoms with Crippen LogP contribution in [0.5, 0.6) is 5.75 Å². The van der Waals surface area contributed by atoms with Gasteiger partial charge >= 0.3 is 0 Å². The van der Waals surface area contributed by atoms with Gasteiger partial charge in [-0.3, -0.25) is 0 Å². The standard InChI is InChI=1S/C11H10Cl2O/c1-2-6-10(12)11(13)14-9-7-4-3-5-8-9/h2-5,7-8H,1,6H2/b11-10-. The molecule has 0 unspecified atom stereocenters. The normalized spacial score (nSPS) is 11.9. The van der Waals surface area contributed by atoms with Gasteiger partial charge in [0.05, 0.1) is 5.03 Å². The van der Waals surface area contributed by atoms with Crippen LogP contribution in [0.1, 0.15) is 6.42 Å². The predicted octanol–water partition coefficient (Wildman–Crippen LogP) is 4.29. The van der Waals surface area contributed by atoms with E-state index in [1.165, 1.54) is 0 Å². The lowest BCUT2D eigenvalue weighted by atomic mass is 10.3. The van der Waals surface area contributed by atoms with E-state index in [0.717, 1.165) is 0 Å². The fraction of sp³-hybridized carbons (Fsp3) is 0.0909. The molecule has 0 aliphatic rings. The number of ether oxygens (including phenoxy) is 1. The van der Waals surface area contributed by atoms with Crippen LogP contribution in [-0.2, 0) is 0 Å². The molecule has 0 bridgehead atoms. The third kappa shape index (κ3) is 3.44. The number of hydrogen-bond donors (Lipinski definition) is 0. The van der Waals surface area contributed by atoms with Crippen molar-refractivity contribution in [3.05, 3.63) is 53.2 Å².